The molecule has 0 fully saturated rings. The monoisotopic (exact) mass is 384 g/mol. The van der Waals surface area contributed by atoms with Crippen LogP contribution in [0.15, 0.2) is 42.7 Å². The van der Waals surface area contributed by atoms with Crippen molar-refractivity contribution in [2.24, 2.45) is 0 Å². The Kier molecular flexibility index (Phi) is 6.75. The molecule has 0 spiro atoms. The molecule has 0 saturated heterocycles. The Labute approximate surface area is 165 Å². The smallest absolute Gasteiger partial charge is 0.407 e. The number of aromatic nitrogens is 1. The molecule has 7 heteroatoms. The minimum Gasteiger partial charge on any atom is -0.752 e. The molecule has 0 saturated carbocycles. The standard InChI is InChI=1S/C21H26N3O4/c1-14-8-9-17(16-7-6-10-22-13-16)18(11-14)24(27)19(25)12-15(2)23-20(26)28-21(3,4)5/h6-11,13,15H,12H2,1-5H3,(H,23,26)/q-1. The highest BCUT2D eigenvalue weighted by Gasteiger charge is 2.20. The van der Waals surface area contributed by atoms with E-state index in [0.717, 1.165) is 11.1 Å². The molecule has 7 nitrogen and oxygen atoms in total. The number of benzene rings is 1. The molecule has 0 aliphatic heterocycles. The molecule has 1 unspecified atom stereocenters. The van der Waals surface area contributed by atoms with E-state index in [1.54, 1.807) is 58.3 Å². The van der Waals surface area contributed by atoms with E-state index in [4.69, 9.17) is 4.74 Å². The number of ether oxygens (including phenoxy) is 1. The first-order chi connectivity index (χ1) is 13.1. The van der Waals surface area contributed by atoms with E-state index < -0.39 is 23.6 Å². The second kappa shape index (κ2) is 8.84. The van der Waals surface area contributed by atoms with Crippen LogP contribution in [0.5, 0.6) is 0 Å². The predicted molar refractivity (Wildman–Crippen MR) is 109 cm³/mol. The van der Waals surface area contributed by atoms with Gasteiger partial charge in [-0.15, -0.1) is 0 Å². The zero-order valence-electron chi connectivity index (χ0n) is 16.9. The average Bonchev–Trinajstić information content (AvgIpc) is 2.59. The molecule has 2 rings (SSSR count). The van der Waals surface area contributed by atoms with Crippen LogP contribution >= 0.6 is 0 Å². The molecule has 0 aliphatic rings. The van der Waals surface area contributed by atoms with E-state index in [9.17, 15) is 14.8 Å². The Hall–Kier alpha value is -2.93. The maximum absolute atomic E-state index is 12.7. The van der Waals surface area contributed by atoms with Crippen molar-refractivity contribution in [1.82, 2.24) is 10.3 Å². The quantitative estimate of drug-likeness (QED) is 0.780. The number of amides is 2. The summed E-state index contributed by atoms with van der Waals surface area (Å²) in [5, 5.41) is 15.7. The van der Waals surface area contributed by atoms with Crippen LogP contribution in [0.1, 0.15) is 39.7 Å². The summed E-state index contributed by atoms with van der Waals surface area (Å²) in [4.78, 5) is 28.4. The van der Waals surface area contributed by atoms with Crippen molar-refractivity contribution in [1.29, 1.82) is 0 Å². The van der Waals surface area contributed by atoms with Crippen LogP contribution in [0.2, 0.25) is 0 Å². The van der Waals surface area contributed by atoms with E-state index in [-0.39, 0.29) is 12.1 Å². The van der Waals surface area contributed by atoms with Gasteiger partial charge in [0.25, 0.3) is 0 Å². The van der Waals surface area contributed by atoms with Crippen LogP contribution in [0.25, 0.3) is 11.1 Å². The number of hydrogen-bond acceptors (Lipinski definition) is 5. The maximum atomic E-state index is 12.7. The molecule has 2 amide bonds. The van der Waals surface area contributed by atoms with Gasteiger partial charge in [-0.25, -0.2) is 4.79 Å². The summed E-state index contributed by atoms with van der Waals surface area (Å²) >= 11 is 0. The number of alkyl carbamates (subject to hydrolysis) is 1. The van der Waals surface area contributed by atoms with Gasteiger partial charge in [0.15, 0.2) is 0 Å². The van der Waals surface area contributed by atoms with Crippen molar-refractivity contribution in [3.63, 3.8) is 0 Å². The lowest BCUT2D eigenvalue weighted by Gasteiger charge is -2.32. The Morgan fingerprint density at radius 3 is 2.61 bits per heavy atom. The van der Waals surface area contributed by atoms with Crippen LogP contribution in [0.3, 0.4) is 0 Å². The number of nitrogens with one attached hydrogen (secondary N) is 1. The summed E-state index contributed by atoms with van der Waals surface area (Å²) in [5.41, 5.74) is 1.83. The zero-order chi connectivity index (χ0) is 20.9. The van der Waals surface area contributed by atoms with E-state index in [0.29, 0.717) is 10.6 Å². The van der Waals surface area contributed by atoms with Crippen LogP contribution in [-0.4, -0.2) is 28.6 Å². The molecule has 0 aliphatic carbocycles. The first-order valence-electron chi connectivity index (χ1n) is 9.07. The van der Waals surface area contributed by atoms with Gasteiger partial charge in [-0.1, -0.05) is 18.2 Å². The lowest BCUT2D eigenvalue weighted by molar-refractivity contribution is -0.118. The van der Waals surface area contributed by atoms with Crippen LogP contribution in [-0.2, 0) is 9.53 Å². The second-order valence-corrected chi connectivity index (χ2v) is 7.70. The number of rotatable bonds is 5. The first kappa shape index (κ1) is 21.4. The van der Waals surface area contributed by atoms with E-state index in [1.165, 1.54) is 0 Å². The summed E-state index contributed by atoms with van der Waals surface area (Å²) in [6.07, 6.45) is 2.50. The number of pyridine rings is 1. The molecule has 150 valence electrons. The number of carbonyl (C=O) groups excluding carboxylic acids is 2. The van der Waals surface area contributed by atoms with Crippen molar-refractivity contribution < 1.29 is 14.3 Å². The Bertz CT molecular complexity index is 831. The molecule has 1 aromatic carbocycles. The Morgan fingerprint density at radius 2 is 2.00 bits per heavy atom. The normalized spacial score (nSPS) is 12.2. The molecule has 0 radical (unpaired) electrons. The first-order valence-corrected chi connectivity index (χ1v) is 9.07. The second-order valence-electron chi connectivity index (χ2n) is 7.70. The molecule has 1 aromatic heterocycles. The summed E-state index contributed by atoms with van der Waals surface area (Å²) in [7, 11) is 0. The van der Waals surface area contributed by atoms with Crippen LogP contribution < -0.4 is 10.4 Å². The molecule has 2 aromatic rings. The third kappa shape index (κ3) is 6.06. The minimum atomic E-state index is -0.653. The largest absolute Gasteiger partial charge is 0.752 e. The zero-order valence-corrected chi connectivity index (χ0v) is 16.9. The van der Waals surface area contributed by atoms with E-state index >= 15 is 0 Å². The van der Waals surface area contributed by atoms with Crippen LogP contribution in [0, 0.1) is 12.1 Å². The predicted octanol–water partition coefficient (Wildman–Crippen LogP) is 4.19. The van der Waals surface area contributed by atoms with Gasteiger partial charge in [0, 0.05) is 41.7 Å². The number of hydrogen-bond donors (Lipinski definition) is 1. The summed E-state index contributed by atoms with van der Waals surface area (Å²) in [5.74, 6) is -0.653. The van der Waals surface area contributed by atoms with Gasteiger partial charge in [-0.05, 0) is 52.3 Å². The van der Waals surface area contributed by atoms with Crippen molar-refractivity contribution in [3.8, 4) is 11.1 Å². The van der Waals surface area contributed by atoms with Crippen molar-refractivity contribution in [2.75, 3.05) is 5.06 Å². The third-order valence-electron chi connectivity index (χ3n) is 3.82. The molecule has 28 heavy (non-hydrogen) atoms. The molecule has 1 atom stereocenters. The topological polar surface area (TPSA) is 94.6 Å². The van der Waals surface area contributed by atoms with E-state index in [1.807, 2.05) is 19.1 Å². The van der Waals surface area contributed by atoms with Gasteiger partial charge >= 0.3 is 6.09 Å². The van der Waals surface area contributed by atoms with Gasteiger partial charge in [-0.3, -0.25) is 9.78 Å². The lowest BCUT2D eigenvalue weighted by atomic mass is 10.0. The summed E-state index contributed by atoms with van der Waals surface area (Å²) in [6.45, 7) is 8.74. The number of carbonyl (C=O) groups is 2. The number of aryl methyl sites for hydroxylation is 1. The SMILES string of the molecule is Cc1ccc(-c2cccnc2)c(N([O-])C(=O)CC(C)NC(=O)OC(C)(C)C)c1. The van der Waals surface area contributed by atoms with Gasteiger partial charge in [-0.2, -0.15) is 0 Å². The number of nitrogens with zero attached hydrogens (tertiary/aromatic N) is 2. The molecule has 0 bridgehead atoms. The molecular weight excluding hydrogens is 358 g/mol. The van der Waals surface area contributed by atoms with Gasteiger partial charge < -0.3 is 20.3 Å². The van der Waals surface area contributed by atoms with Gasteiger partial charge in [0.2, 0.25) is 5.91 Å². The Balaban J connectivity index is 2.13. The van der Waals surface area contributed by atoms with Gasteiger partial charge in [0.05, 0.1) is 0 Å². The van der Waals surface area contributed by atoms with Crippen molar-refractivity contribution in [2.45, 2.75) is 52.7 Å². The van der Waals surface area contributed by atoms with Crippen molar-refractivity contribution >= 4 is 17.7 Å². The molecule has 1 heterocycles. The minimum absolute atomic E-state index is 0.150. The van der Waals surface area contributed by atoms with Crippen LogP contribution in [0.4, 0.5) is 10.5 Å². The summed E-state index contributed by atoms with van der Waals surface area (Å²) in [6, 6.07) is 8.37. The third-order valence-corrected chi connectivity index (χ3v) is 3.82. The van der Waals surface area contributed by atoms with E-state index in [2.05, 4.69) is 10.3 Å². The fourth-order valence-corrected chi connectivity index (χ4v) is 2.61. The average molecular weight is 384 g/mol. The van der Waals surface area contributed by atoms with Crippen molar-refractivity contribution in [3.05, 3.63) is 53.5 Å². The fourth-order valence-electron chi connectivity index (χ4n) is 2.61. The molecular formula is C21H26N3O4-. The summed E-state index contributed by atoms with van der Waals surface area (Å²) < 4.78 is 5.17. The maximum Gasteiger partial charge on any atom is 0.407 e. The highest BCUT2D eigenvalue weighted by Crippen LogP contribution is 2.31. The highest BCUT2D eigenvalue weighted by molar-refractivity contribution is 5.98. The fraction of sp³-hybridized carbons (Fsp3) is 0.381. The number of hydroxylamine groups is 1. The lowest BCUT2D eigenvalue weighted by Crippen LogP contribution is -2.40. The highest BCUT2D eigenvalue weighted by atomic mass is 16.6. The Morgan fingerprint density at radius 1 is 1.29 bits per heavy atom. The number of anilines is 1. The molecule has 1 N–H and O–H groups in total. The van der Waals surface area contributed by atoms with Gasteiger partial charge in [0.1, 0.15) is 5.60 Å².